The third kappa shape index (κ3) is 5.66. The molecule has 0 fully saturated rings. The molecule has 0 aromatic carbocycles. The van der Waals surface area contributed by atoms with Crippen molar-refractivity contribution in [2.75, 3.05) is 18.6 Å². The summed E-state index contributed by atoms with van der Waals surface area (Å²) in [5.41, 5.74) is 1.33. The molecular formula is C12H21NO2S2. The van der Waals surface area contributed by atoms with Crippen molar-refractivity contribution >= 4 is 21.2 Å². The molecule has 0 saturated carbocycles. The van der Waals surface area contributed by atoms with Crippen LogP contribution in [-0.2, 0) is 16.3 Å². The minimum absolute atomic E-state index is 0.252. The molecule has 0 amide bonds. The summed E-state index contributed by atoms with van der Waals surface area (Å²) in [6.07, 6.45) is 2.63. The Morgan fingerprint density at radius 1 is 1.47 bits per heavy atom. The summed E-state index contributed by atoms with van der Waals surface area (Å²) in [5.74, 6) is 0.563. The third-order valence-corrected chi connectivity index (χ3v) is 5.44. The normalized spacial score (nSPS) is 13.8. The molecule has 1 aromatic heterocycles. The van der Waals surface area contributed by atoms with Gasteiger partial charge < -0.3 is 5.32 Å². The first-order valence-corrected chi connectivity index (χ1v) is 8.72. The minimum Gasteiger partial charge on any atom is -0.317 e. The van der Waals surface area contributed by atoms with E-state index in [9.17, 15) is 8.42 Å². The SMILES string of the molecule is CCS(=O)(=O)CCCC(Cc1ccsc1)NC. The number of sulfone groups is 1. The van der Waals surface area contributed by atoms with Crippen LogP contribution in [0.2, 0.25) is 0 Å². The lowest BCUT2D eigenvalue weighted by atomic mass is 10.1. The molecule has 1 rings (SSSR count). The predicted molar refractivity (Wildman–Crippen MR) is 74.4 cm³/mol. The number of hydrogen-bond acceptors (Lipinski definition) is 4. The van der Waals surface area contributed by atoms with E-state index < -0.39 is 9.84 Å². The van der Waals surface area contributed by atoms with Gasteiger partial charge in [0.15, 0.2) is 0 Å². The fraction of sp³-hybridized carbons (Fsp3) is 0.667. The van der Waals surface area contributed by atoms with Gasteiger partial charge in [0.1, 0.15) is 9.84 Å². The molecule has 0 saturated heterocycles. The summed E-state index contributed by atoms with van der Waals surface area (Å²) < 4.78 is 22.7. The smallest absolute Gasteiger partial charge is 0.150 e. The molecule has 0 radical (unpaired) electrons. The molecule has 0 aliphatic carbocycles. The van der Waals surface area contributed by atoms with E-state index in [2.05, 4.69) is 22.1 Å². The highest BCUT2D eigenvalue weighted by Gasteiger charge is 2.11. The summed E-state index contributed by atoms with van der Waals surface area (Å²) in [6, 6.07) is 2.49. The fourth-order valence-corrected chi connectivity index (χ4v) is 3.31. The van der Waals surface area contributed by atoms with Gasteiger partial charge in [0, 0.05) is 11.8 Å². The van der Waals surface area contributed by atoms with Gasteiger partial charge in [-0.05, 0) is 48.7 Å². The fourth-order valence-electron chi connectivity index (χ4n) is 1.74. The highest BCUT2D eigenvalue weighted by atomic mass is 32.2. The van der Waals surface area contributed by atoms with Gasteiger partial charge in [-0.25, -0.2) is 8.42 Å². The number of hydrogen-bond donors (Lipinski definition) is 1. The quantitative estimate of drug-likeness (QED) is 0.790. The molecule has 1 unspecified atom stereocenters. The lowest BCUT2D eigenvalue weighted by Crippen LogP contribution is -2.28. The molecule has 0 aliphatic rings. The monoisotopic (exact) mass is 275 g/mol. The van der Waals surface area contributed by atoms with Crippen molar-refractivity contribution in [3.05, 3.63) is 22.4 Å². The van der Waals surface area contributed by atoms with Crippen LogP contribution in [0.25, 0.3) is 0 Å². The van der Waals surface area contributed by atoms with Gasteiger partial charge in [-0.15, -0.1) is 0 Å². The summed E-state index contributed by atoms with van der Waals surface area (Å²) in [7, 11) is -0.875. The van der Waals surface area contributed by atoms with Crippen LogP contribution in [0, 0.1) is 0 Å². The van der Waals surface area contributed by atoms with Crippen LogP contribution in [0.4, 0.5) is 0 Å². The topological polar surface area (TPSA) is 46.2 Å². The Morgan fingerprint density at radius 3 is 2.76 bits per heavy atom. The molecular weight excluding hydrogens is 254 g/mol. The van der Waals surface area contributed by atoms with Crippen molar-refractivity contribution in [2.24, 2.45) is 0 Å². The number of likely N-dealkylation sites (N-methyl/N-ethyl adjacent to an activating group) is 1. The van der Waals surface area contributed by atoms with Crippen LogP contribution in [0.3, 0.4) is 0 Å². The number of thiophene rings is 1. The van der Waals surface area contributed by atoms with Gasteiger partial charge >= 0.3 is 0 Å². The maximum atomic E-state index is 11.4. The lowest BCUT2D eigenvalue weighted by Gasteiger charge is -2.15. The third-order valence-electron chi connectivity index (χ3n) is 2.92. The van der Waals surface area contributed by atoms with Crippen LogP contribution in [-0.4, -0.2) is 33.0 Å². The van der Waals surface area contributed by atoms with Crippen LogP contribution in [0.5, 0.6) is 0 Å². The molecule has 5 heteroatoms. The maximum Gasteiger partial charge on any atom is 0.150 e. The molecule has 17 heavy (non-hydrogen) atoms. The van der Waals surface area contributed by atoms with E-state index >= 15 is 0 Å². The van der Waals surface area contributed by atoms with E-state index in [1.165, 1.54) is 5.56 Å². The van der Waals surface area contributed by atoms with E-state index in [0.717, 1.165) is 19.3 Å². The zero-order chi connectivity index (χ0) is 12.7. The lowest BCUT2D eigenvalue weighted by molar-refractivity contribution is 0.511. The average molecular weight is 275 g/mol. The zero-order valence-corrected chi connectivity index (χ0v) is 12.1. The Bertz CT molecular complexity index is 398. The predicted octanol–water partition coefficient (Wildman–Crippen LogP) is 2.09. The van der Waals surface area contributed by atoms with Crippen LogP contribution in [0.1, 0.15) is 25.3 Å². The average Bonchev–Trinajstić information content (AvgIpc) is 2.80. The second-order valence-corrected chi connectivity index (χ2v) is 7.45. The van der Waals surface area contributed by atoms with E-state index in [-0.39, 0.29) is 5.75 Å². The van der Waals surface area contributed by atoms with E-state index in [1.807, 2.05) is 7.05 Å². The second-order valence-electron chi connectivity index (χ2n) is 4.20. The van der Waals surface area contributed by atoms with E-state index in [4.69, 9.17) is 0 Å². The second kappa shape index (κ2) is 7.13. The zero-order valence-electron chi connectivity index (χ0n) is 10.5. The Balaban J connectivity index is 2.33. The number of nitrogens with one attached hydrogen (secondary N) is 1. The molecule has 3 nitrogen and oxygen atoms in total. The molecule has 1 aromatic rings. The van der Waals surface area contributed by atoms with Gasteiger partial charge in [0.2, 0.25) is 0 Å². The standard InChI is InChI=1S/C12H21NO2S2/c1-3-17(14,15)8-4-5-12(13-2)9-11-6-7-16-10-11/h6-7,10,12-13H,3-5,8-9H2,1-2H3. The van der Waals surface area contributed by atoms with Crippen molar-refractivity contribution in [1.82, 2.24) is 5.32 Å². The first kappa shape index (κ1) is 14.7. The van der Waals surface area contributed by atoms with Crippen molar-refractivity contribution in [1.29, 1.82) is 0 Å². The minimum atomic E-state index is -2.81. The molecule has 1 atom stereocenters. The summed E-state index contributed by atoms with van der Waals surface area (Å²) in [5, 5.41) is 7.47. The van der Waals surface area contributed by atoms with Gasteiger partial charge in [-0.1, -0.05) is 6.92 Å². The molecule has 1 heterocycles. The van der Waals surface area contributed by atoms with Gasteiger partial charge in [-0.2, -0.15) is 11.3 Å². The summed E-state index contributed by atoms with van der Waals surface area (Å²) >= 11 is 1.70. The van der Waals surface area contributed by atoms with Crippen molar-refractivity contribution in [2.45, 2.75) is 32.2 Å². The highest BCUT2D eigenvalue weighted by Crippen LogP contribution is 2.11. The first-order chi connectivity index (χ1) is 8.07. The largest absolute Gasteiger partial charge is 0.317 e. The Hall–Kier alpha value is -0.390. The van der Waals surface area contributed by atoms with Gasteiger partial charge in [-0.3, -0.25) is 0 Å². The van der Waals surface area contributed by atoms with Crippen molar-refractivity contribution in [3.8, 4) is 0 Å². The Morgan fingerprint density at radius 2 is 2.24 bits per heavy atom. The van der Waals surface area contributed by atoms with Crippen LogP contribution >= 0.6 is 11.3 Å². The summed E-state index contributed by atoms with van der Waals surface area (Å²) in [6.45, 7) is 1.70. The highest BCUT2D eigenvalue weighted by molar-refractivity contribution is 7.91. The van der Waals surface area contributed by atoms with E-state index in [0.29, 0.717) is 11.8 Å². The Kier molecular flexibility index (Phi) is 6.16. The molecule has 1 N–H and O–H groups in total. The van der Waals surface area contributed by atoms with Crippen LogP contribution < -0.4 is 5.32 Å². The number of rotatable bonds is 8. The van der Waals surface area contributed by atoms with Crippen molar-refractivity contribution in [3.63, 3.8) is 0 Å². The van der Waals surface area contributed by atoms with Crippen LogP contribution in [0.15, 0.2) is 16.8 Å². The summed E-state index contributed by atoms with van der Waals surface area (Å²) in [4.78, 5) is 0. The molecule has 0 bridgehead atoms. The Labute approximate surface area is 108 Å². The molecule has 0 spiro atoms. The maximum absolute atomic E-state index is 11.4. The first-order valence-electron chi connectivity index (χ1n) is 5.96. The van der Waals surface area contributed by atoms with Crippen molar-refractivity contribution < 1.29 is 8.42 Å². The van der Waals surface area contributed by atoms with Gasteiger partial charge in [0.05, 0.1) is 5.75 Å². The molecule has 98 valence electrons. The molecule has 0 aliphatic heterocycles. The van der Waals surface area contributed by atoms with E-state index in [1.54, 1.807) is 18.3 Å². The van der Waals surface area contributed by atoms with Gasteiger partial charge in [0.25, 0.3) is 0 Å².